The van der Waals surface area contributed by atoms with Crippen LogP contribution in [0.5, 0.6) is 0 Å². The second-order valence-electron chi connectivity index (χ2n) is 7.56. The molecule has 0 spiro atoms. The van der Waals surface area contributed by atoms with Crippen LogP contribution in [0.2, 0.25) is 5.02 Å². The van der Waals surface area contributed by atoms with Gasteiger partial charge in [0.25, 0.3) is 11.8 Å². The van der Waals surface area contributed by atoms with Crippen molar-refractivity contribution in [2.24, 2.45) is 0 Å². The summed E-state index contributed by atoms with van der Waals surface area (Å²) in [5.74, 6) is -1.50. The number of hydrogen-bond donors (Lipinski definition) is 1. The first-order valence-electron chi connectivity index (χ1n) is 9.87. The standard InChI is InChI=1S/C25H20ClFN2O2/c1-15(2)16-9-13-19(14-10-16)28-23-22(17-7-11-18(26)12-8-17)24(30)29(25(23)31)21-6-4-3-5-20(21)27/h3-15,28H,1-2H3. The van der Waals surface area contributed by atoms with Crippen molar-refractivity contribution < 1.29 is 14.0 Å². The second-order valence-corrected chi connectivity index (χ2v) is 7.99. The molecule has 0 fully saturated rings. The highest BCUT2D eigenvalue weighted by atomic mass is 35.5. The third-order valence-electron chi connectivity index (χ3n) is 5.16. The third-order valence-corrected chi connectivity index (χ3v) is 5.41. The number of imide groups is 1. The molecule has 0 saturated carbocycles. The van der Waals surface area contributed by atoms with E-state index in [1.807, 2.05) is 24.3 Å². The molecule has 1 N–H and O–H groups in total. The summed E-state index contributed by atoms with van der Waals surface area (Å²) in [4.78, 5) is 27.5. The average molecular weight is 435 g/mol. The van der Waals surface area contributed by atoms with Crippen molar-refractivity contribution in [3.05, 3.63) is 100 Å². The first kappa shape index (κ1) is 20.8. The minimum atomic E-state index is -0.651. The molecule has 156 valence electrons. The van der Waals surface area contributed by atoms with E-state index >= 15 is 0 Å². The van der Waals surface area contributed by atoms with Crippen LogP contribution in [0.15, 0.2) is 78.5 Å². The summed E-state index contributed by atoms with van der Waals surface area (Å²) < 4.78 is 14.4. The molecule has 0 radical (unpaired) electrons. The molecule has 0 aromatic heterocycles. The van der Waals surface area contributed by atoms with Gasteiger partial charge in [-0.2, -0.15) is 0 Å². The lowest BCUT2D eigenvalue weighted by atomic mass is 10.0. The van der Waals surface area contributed by atoms with Gasteiger partial charge in [0.05, 0.1) is 11.3 Å². The van der Waals surface area contributed by atoms with Crippen LogP contribution in [0.4, 0.5) is 15.8 Å². The summed E-state index contributed by atoms with van der Waals surface area (Å²) in [6, 6.07) is 20.0. The number of para-hydroxylation sites is 1. The Morgan fingerprint density at radius 3 is 2.13 bits per heavy atom. The fourth-order valence-electron chi connectivity index (χ4n) is 3.48. The van der Waals surface area contributed by atoms with E-state index in [2.05, 4.69) is 19.2 Å². The monoisotopic (exact) mass is 434 g/mol. The minimum Gasteiger partial charge on any atom is -0.350 e. The summed E-state index contributed by atoms with van der Waals surface area (Å²) in [7, 11) is 0. The molecule has 1 aliphatic heterocycles. The van der Waals surface area contributed by atoms with Crippen molar-refractivity contribution in [1.82, 2.24) is 0 Å². The van der Waals surface area contributed by atoms with E-state index in [0.29, 0.717) is 22.2 Å². The number of benzene rings is 3. The van der Waals surface area contributed by atoms with Gasteiger partial charge in [-0.3, -0.25) is 9.59 Å². The highest BCUT2D eigenvalue weighted by molar-refractivity contribution is 6.46. The topological polar surface area (TPSA) is 49.4 Å². The van der Waals surface area contributed by atoms with Crippen LogP contribution in [0.3, 0.4) is 0 Å². The first-order chi connectivity index (χ1) is 14.9. The minimum absolute atomic E-state index is 0.0871. The first-order valence-corrected chi connectivity index (χ1v) is 10.2. The quantitative estimate of drug-likeness (QED) is 0.501. The maximum absolute atomic E-state index is 14.4. The van der Waals surface area contributed by atoms with Crippen molar-refractivity contribution >= 4 is 40.4 Å². The fraction of sp³-hybridized carbons (Fsp3) is 0.120. The summed E-state index contributed by atoms with van der Waals surface area (Å²) in [5.41, 5.74) is 2.49. The zero-order valence-corrected chi connectivity index (χ0v) is 17.8. The van der Waals surface area contributed by atoms with Gasteiger partial charge >= 0.3 is 0 Å². The fourth-order valence-corrected chi connectivity index (χ4v) is 3.60. The largest absolute Gasteiger partial charge is 0.350 e. The van der Waals surface area contributed by atoms with E-state index in [0.717, 1.165) is 10.5 Å². The lowest BCUT2D eigenvalue weighted by Crippen LogP contribution is -2.33. The predicted octanol–water partition coefficient (Wildman–Crippen LogP) is 6.00. The van der Waals surface area contributed by atoms with Crippen molar-refractivity contribution in [2.45, 2.75) is 19.8 Å². The van der Waals surface area contributed by atoms with E-state index in [9.17, 15) is 14.0 Å². The van der Waals surface area contributed by atoms with E-state index < -0.39 is 17.6 Å². The summed E-state index contributed by atoms with van der Waals surface area (Å²) in [6.45, 7) is 4.18. The average Bonchev–Trinajstić information content (AvgIpc) is 2.99. The maximum Gasteiger partial charge on any atom is 0.282 e. The van der Waals surface area contributed by atoms with E-state index in [-0.39, 0.29) is 17.0 Å². The van der Waals surface area contributed by atoms with Crippen LogP contribution in [0, 0.1) is 5.82 Å². The number of carbonyl (C=O) groups excluding carboxylic acids is 2. The molecule has 0 atom stereocenters. The number of nitrogens with one attached hydrogen (secondary N) is 1. The Hall–Kier alpha value is -3.44. The number of halogens is 2. The van der Waals surface area contributed by atoms with E-state index in [1.54, 1.807) is 30.3 Å². The molecule has 4 nitrogen and oxygen atoms in total. The van der Waals surface area contributed by atoms with E-state index in [4.69, 9.17) is 11.6 Å². The molecule has 2 amide bonds. The van der Waals surface area contributed by atoms with Crippen molar-refractivity contribution in [3.63, 3.8) is 0 Å². The normalized spacial score (nSPS) is 14.0. The third kappa shape index (κ3) is 3.97. The Kier molecular flexibility index (Phi) is 5.61. The van der Waals surface area contributed by atoms with Gasteiger partial charge in [0.2, 0.25) is 0 Å². The van der Waals surface area contributed by atoms with Gasteiger partial charge in [-0.1, -0.05) is 61.8 Å². The molecule has 0 saturated heterocycles. The van der Waals surface area contributed by atoms with Crippen molar-refractivity contribution in [3.8, 4) is 0 Å². The van der Waals surface area contributed by atoms with Gasteiger partial charge in [0, 0.05) is 10.7 Å². The van der Waals surface area contributed by atoms with Crippen LogP contribution in [0.25, 0.3) is 5.57 Å². The van der Waals surface area contributed by atoms with Gasteiger partial charge in [0.1, 0.15) is 11.5 Å². The van der Waals surface area contributed by atoms with Gasteiger partial charge in [-0.25, -0.2) is 9.29 Å². The molecule has 0 aliphatic carbocycles. The number of hydrogen-bond acceptors (Lipinski definition) is 3. The molecular formula is C25H20ClFN2O2. The molecular weight excluding hydrogens is 415 g/mol. The van der Waals surface area contributed by atoms with Gasteiger partial charge in [-0.15, -0.1) is 0 Å². The number of rotatable bonds is 5. The summed E-state index contributed by atoms with van der Waals surface area (Å²) in [5, 5.41) is 3.59. The number of anilines is 2. The molecule has 6 heteroatoms. The zero-order valence-electron chi connectivity index (χ0n) is 17.0. The highest BCUT2D eigenvalue weighted by Crippen LogP contribution is 2.35. The highest BCUT2D eigenvalue weighted by Gasteiger charge is 2.41. The molecule has 0 unspecified atom stereocenters. The Balaban J connectivity index is 1.79. The molecule has 4 rings (SSSR count). The second kappa shape index (κ2) is 8.36. The molecule has 1 heterocycles. The van der Waals surface area contributed by atoms with Crippen LogP contribution in [-0.2, 0) is 9.59 Å². The molecule has 0 bridgehead atoms. The lowest BCUT2D eigenvalue weighted by molar-refractivity contribution is -0.120. The maximum atomic E-state index is 14.4. The van der Waals surface area contributed by atoms with E-state index in [1.165, 1.54) is 18.2 Å². The predicted molar refractivity (Wildman–Crippen MR) is 121 cm³/mol. The molecule has 3 aromatic rings. The Morgan fingerprint density at radius 1 is 0.871 bits per heavy atom. The SMILES string of the molecule is CC(C)c1ccc(NC2=C(c3ccc(Cl)cc3)C(=O)N(c3ccccc3F)C2=O)cc1. The lowest BCUT2D eigenvalue weighted by Gasteiger charge is -2.16. The van der Waals surface area contributed by atoms with Crippen LogP contribution in [0.1, 0.15) is 30.9 Å². The van der Waals surface area contributed by atoms with Gasteiger partial charge in [0.15, 0.2) is 0 Å². The van der Waals surface area contributed by atoms with Crippen molar-refractivity contribution in [2.75, 3.05) is 10.2 Å². The van der Waals surface area contributed by atoms with Gasteiger partial charge in [-0.05, 0) is 53.4 Å². The number of nitrogens with zero attached hydrogens (tertiary/aromatic N) is 1. The smallest absolute Gasteiger partial charge is 0.282 e. The molecule has 3 aromatic carbocycles. The van der Waals surface area contributed by atoms with Crippen LogP contribution in [-0.4, -0.2) is 11.8 Å². The number of carbonyl (C=O) groups is 2. The number of amides is 2. The van der Waals surface area contributed by atoms with Crippen molar-refractivity contribution in [1.29, 1.82) is 0 Å². The molecule has 1 aliphatic rings. The Bertz CT molecular complexity index is 1180. The van der Waals surface area contributed by atoms with Gasteiger partial charge < -0.3 is 5.32 Å². The Labute approximate surface area is 185 Å². The summed E-state index contributed by atoms with van der Waals surface area (Å²) in [6.07, 6.45) is 0. The zero-order chi connectivity index (χ0) is 22.1. The molecule has 31 heavy (non-hydrogen) atoms. The Morgan fingerprint density at radius 2 is 1.52 bits per heavy atom. The summed E-state index contributed by atoms with van der Waals surface area (Å²) >= 11 is 5.99. The van der Waals surface area contributed by atoms with Crippen LogP contribution >= 0.6 is 11.6 Å². The van der Waals surface area contributed by atoms with Crippen LogP contribution < -0.4 is 10.2 Å².